The Kier molecular flexibility index (Phi) is 6.23. The van der Waals surface area contributed by atoms with Crippen LogP contribution in [0.2, 0.25) is 0 Å². The van der Waals surface area contributed by atoms with Crippen LogP contribution in [0.25, 0.3) is 0 Å². The molecule has 28 heavy (non-hydrogen) atoms. The van der Waals surface area contributed by atoms with Crippen LogP contribution in [0.15, 0.2) is 66.9 Å². The number of aryl methyl sites for hydroxylation is 3. The van der Waals surface area contributed by atoms with E-state index in [0.717, 1.165) is 25.9 Å². The Morgan fingerprint density at radius 2 is 1.50 bits per heavy atom. The highest BCUT2D eigenvalue weighted by molar-refractivity contribution is 5.25. The molecule has 0 spiro atoms. The molecule has 0 bridgehead atoms. The fraction of sp³-hybridized carbons (Fsp3) is 0.400. The Morgan fingerprint density at radius 1 is 0.857 bits per heavy atom. The van der Waals surface area contributed by atoms with Crippen LogP contribution in [0.3, 0.4) is 0 Å². The molecule has 3 aromatic rings. The van der Waals surface area contributed by atoms with E-state index in [1.165, 1.54) is 48.3 Å². The Balaban J connectivity index is 1.40. The lowest BCUT2D eigenvalue weighted by atomic mass is 9.89. The first kappa shape index (κ1) is 18.9. The van der Waals surface area contributed by atoms with E-state index in [-0.39, 0.29) is 0 Å². The van der Waals surface area contributed by atoms with Crippen LogP contribution in [-0.4, -0.2) is 27.8 Å². The van der Waals surface area contributed by atoms with Gasteiger partial charge in [0.05, 0.1) is 6.20 Å². The van der Waals surface area contributed by atoms with Gasteiger partial charge in [-0.1, -0.05) is 60.7 Å². The third-order valence-electron chi connectivity index (χ3n) is 6.01. The molecule has 1 aromatic heterocycles. The molecular formula is C25H31N3. The molecule has 2 heterocycles. The number of rotatable bonds is 7. The van der Waals surface area contributed by atoms with Gasteiger partial charge >= 0.3 is 0 Å². The van der Waals surface area contributed by atoms with Gasteiger partial charge in [-0.25, -0.2) is 0 Å². The quantitative estimate of drug-likeness (QED) is 0.577. The van der Waals surface area contributed by atoms with E-state index in [1.54, 1.807) is 0 Å². The molecular weight excluding hydrogens is 342 g/mol. The minimum absolute atomic E-state index is 0.639. The summed E-state index contributed by atoms with van der Waals surface area (Å²) < 4.78 is 2.25. The molecule has 1 fully saturated rings. The Bertz CT molecular complexity index is 846. The Hall–Kier alpha value is -2.39. The molecule has 2 aromatic carbocycles. The minimum atomic E-state index is 0.639. The van der Waals surface area contributed by atoms with E-state index >= 15 is 0 Å². The fourth-order valence-electron chi connectivity index (χ4n) is 4.48. The van der Waals surface area contributed by atoms with Gasteiger partial charge in [-0.2, -0.15) is 5.10 Å². The zero-order valence-corrected chi connectivity index (χ0v) is 16.9. The smallest absolute Gasteiger partial charge is 0.0524 e. The van der Waals surface area contributed by atoms with Crippen molar-refractivity contribution in [1.82, 2.24) is 14.7 Å². The zero-order valence-electron chi connectivity index (χ0n) is 16.9. The van der Waals surface area contributed by atoms with Crippen LogP contribution >= 0.6 is 0 Å². The van der Waals surface area contributed by atoms with E-state index in [0.29, 0.717) is 5.92 Å². The van der Waals surface area contributed by atoms with Crippen molar-refractivity contribution in [3.05, 3.63) is 89.2 Å². The highest BCUT2D eigenvalue weighted by Crippen LogP contribution is 2.31. The van der Waals surface area contributed by atoms with E-state index in [1.807, 2.05) is 0 Å². The molecule has 1 saturated heterocycles. The van der Waals surface area contributed by atoms with E-state index < -0.39 is 0 Å². The van der Waals surface area contributed by atoms with Crippen LogP contribution in [0.5, 0.6) is 0 Å². The average Bonchev–Trinajstić information content (AvgIpc) is 3.17. The molecule has 3 nitrogen and oxygen atoms in total. The van der Waals surface area contributed by atoms with Crippen LogP contribution in [-0.2, 0) is 25.9 Å². The second kappa shape index (κ2) is 9.20. The lowest BCUT2D eigenvalue weighted by Gasteiger charge is -2.32. The van der Waals surface area contributed by atoms with Gasteiger partial charge in [-0.15, -0.1) is 0 Å². The predicted octanol–water partition coefficient (Wildman–Crippen LogP) is 5.07. The fourth-order valence-corrected chi connectivity index (χ4v) is 4.48. The lowest BCUT2D eigenvalue weighted by Crippen LogP contribution is -2.33. The first-order valence-electron chi connectivity index (χ1n) is 10.7. The summed E-state index contributed by atoms with van der Waals surface area (Å²) in [4.78, 5) is 2.60. The van der Waals surface area contributed by atoms with Crippen molar-refractivity contribution < 1.29 is 0 Å². The first-order chi connectivity index (χ1) is 13.8. The van der Waals surface area contributed by atoms with Gasteiger partial charge in [0.1, 0.15) is 0 Å². The van der Waals surface area contributed by atoms with Gasteiger partial charge in [0, 0.05) is 24.7 Å². The van der Waals surface area contributed by atoms with Gasteiger partial charge in [0.25, 0.3) is 0 Å². The second-order valence-electron chi connectivity index (χ2n) is 7.89. The molecule has 0 unspecified atom stereocenters. The summed E-state index contributed by atoms with van der Waals surface area (Å²) in [5, 5.41) is 4.71. The summed E-state index contributed by atoms with van der Waals surface area (Å²) in [6.45, 7) is 6.59. The highest BCUT2D eigenvalue weighted by atomic mass is 15.3. The summed E-state index contributed by atoms with van der Waals surface area (Å²) >= 11 is 0. The number of hydrogen-bond donors (Lipinski definition) is 0. The van der Waals surface area contributed by atoms with Crippen LogP contribution < -0.4 is 0 Å². The number of likely N-dealkylation sites (tertiary alicyclic amines) is 1. The van der Waals surface area contributed by atoms with E-state index in [9.17, 15) is 0 Å². The SMILES string of the molecule is CCn1ncc(CCc2ccccc2)c1C1CCN(Cc2ccccc2)CC1. The molecule has 3 heteroatoms. The van der Waals surface area contributed by atoms with Crippen molar-refractivity contribution in [3.8, 4) is 0 Å². The number of aromatic nitrogens is 2. The maximum absolute atomic E-state index is 4.71. The normalized spacial score (nSPS) is 15.8. The van der Waals surface area contributed by atoms with Crippen LogP contribution in [0.4, 0.5) is 0 Å². The second-order valence-corrected chi connectivity index (χ2v) is 7.89. The Morgan fingerprint density at radius 3 is 2.14 bits per heavy atom. The molecule has 1 aliphatic rings. The monoisotopic (exact) mass is 373 g/mol. The molecule has 0 atom stereocenters. The molecule has 0 saturated carbocycles. The lowest BCUT2D eigenvalue weighted by molar-refractivity contribution is 0.201. The van der Waals surface area contributed by atoms with Crippen LogP contribution in [0, 0.1) is 0 Å². The van der Waals surface area contributed by atoms with Gasteiger partial charge < -0.3 is 0 Å². The van der Waals surface area contributed by atoms with Gasteiger partial charge in [-0.3, -0.25) is 9.58 Å². The summed E-state index contributed by atoms with van der Waals surface area (Å²) in [5.74, 6) is 0.639. The maximum atomic E-state index is 4.71. The van der Waals surface area contributed by atoms with Crippen molar-refractivity contribution >= 4 is 0 Å². The average molecular weight is 374 g/mol. The number of nitrogens with zero attached hydrogens (tertiary/aromatic N) is 3. The number of piperidine rings is 1. The van der Waals surface area contributed by atoms with Crippen molar-refractivity contribution in [3.63, 3.8) is 0 Å². The first-order valence-corrected chi connectivity index (χ1v) is 10.7. The largest absolute Gasteiger partial charge is 0.299 e. The highest BCUT2D eigenvalue weighted by Gasteiger charge is 2.25. The molecule has 146 valence electrons. The molecule has 1 aliphatic heterocycles. The van der Waals surface area contributed by atoms with Gasteiger partial charge in [0.15, 0.2) is 0 Å². The summed E-state index contributed by atoms with van der Waals surface area (Å²) in [7, 11) is 0. The number of benzene rings is 2. The molecule has 0 amide bonds. The summed E-state index contributed by atoms with van der Waals surface area (Å²) in [5.41, 5.74) is 5.78. The third-order valence-corrected chi connectivity index (χ3v) is 6.01. The summed E-state index contributed by atoms with van der Waals surface area (Å²) in [6.07, 6.45) is 6.77. The van der Waals surface area contributed by atoms with E-state index in [4.69, 9.17) is 5.10 Å². The zero-order chi connectivity index (χ0) is 19.2. The molecule has 0 aliphatic carbocycles. The van der Waals surface area contributed by atoms with Gasteiger partial charge in [0.2, 0.25) is 0 Å². The standard InChI is InChI=1S/C25H31N3/c1-2-28-25(24(19-26-28)14-13-21-9-5-3-6-10-21)23-15-17-27(18-16-23)20-22-11-7-4-8-12-22/h3-12,19,23H,2,13-18,20H2,1H3. The topological polar surface area (TPSA) is 21.1 Å². The minimum Gasteiger partial charge on any atom is -0.299 e. The van der Waals surface area contributed by atoms with Gasteiger partial charge in [-0.05, 0) is 62.4 Å². The number of hydrogen-bond acceptors (Lipinski definition) is 2. The van der Waals surface area contributed by atoms with Crippen molar-refractivity contribution in [2.45, 2.75) is 51.6 Å². The van der Waals surface area contributed by atoms with Crippen molar-refractivity contribution in [1.29, 1.82) is 0 Å². The maximum Gasteiger partial charge on any atom is 0.0524 e. The summed E-state index contributed by atoms with van der Waals surface area (Å²) in [6, 6.07) is 21.7. The molecule has 0 radical (unpaired) electrons. The molecule has 4 rings (SSSR count). The Labute approximate surface area is 169 Å². The van der Waals surface area contributed by atoms with Crippen molar-refractivity contribution in [2.75, 3.05) is 13.1 Å². The third kappa shape index (κ3) is 4.53. The predicted molar refractivity (Wildman–Crippen MR) is 115 cm³/mol. The van der Waals surface area contributed by atoms with Crippen molar-refractivity contribution in [2.24, 2.45) is 0 Å². The molecule has 0 N–H and O–H groups in total. The van der Waals surface area contributed by atoms with E-state index in [2.05, 4.69) is 83.4 Å². The van der Waals surface area contributed by atoms with Crippen LogP contribution in [0.1, 0.15) is 48.1 Å².